The summed E-state index contributed by atoms with van der Waals surface area (Å²) >= 11 is 2.81. The number of carbonyl (C=O) groups is 2. The van der Waals surface area contributed by atoms with Crippen LogP contribution in [0.4, 0.5) is 5.00 Å². The third-order valence-electron chi connectivity index (χ3n) is 3.88. The van der Waals surface area contributed by atoms with Gasteiger partial charge in [-0.25, -0.2) is 4.79 Å². The van der Waals surface area contributed by atoms with E-state index in [1.807, 2.05) is 17.5 Å². The first-order chi connectivity index (χ1) is 13.0. The highest BCUT2D eigenvalue weighted by molar-refractivity contribution is 8.00. The molecule has 0 aliphatic rings. The number of hydrogen-bond donors (Lipinski definition) is 1. The molecule has 1 aromatic carbocycles. The predicted molar refractivity (Wildman–Crippen MR) is 116 cm³/mol. The normalized spacial score (nSPS) is 10.7. The Morgan fingerprint density at radius 2 is 2.00 bits per heavy atom. The van der Waals surface area contributed by atoms with Crippen molar-refractivity contribution < 1.29 is 14.3 Å². The van der Waals surface area contributed by atoms with Crippen molar-refractivity contribution in [2.75, 3.05) is 23.4 Å². The van der Waals surface area contributed by atoms with Gasteiger partial charge >= 0.3 is 5.97 Å². The predicted octanol–water partition coefficient (Wildman–Crippen LogP) is 5.57. The van der Waals surface area contributed by atoms with Gasteiger partial charge in [0.2, 0.25) is 5.91 Å². The number of esters is 1. The van der Waals surface area contributed by atoms with E-state index in [2.05, 4.69) is 37.9 Å². The zero-order valence-electron chi connectivity index (χ0n) is 15.9. The van der Waals surface area contributed by atoms with Gasteiger partial charge in [0.1, 0.15) is 10.6 Å². The van der Waals surface area contributed by atoms with Gasteiger partial charge in [-0.3, -0.25) is 4.79 Å². The van der Waals surface area contributed by atoms with Gasteiger partial charge in [-0.1, -0.05) is 44.2 Å². The van der Waals surface area contributed by atoms with Gasteiger partial charge in [-0.05, 0) is 24.0 Å². The van der Waals surface area contributed by atoms with Crippen molar-refractivity contribution in [2.45, 2.75) is 26.7 Å². The molecule has 0 atom stereocenters. The van der Waals surface area contributed by atoms with E-state index in [1.54, 1.807) is 13.0 Å². The van der Waals surface area contributed by atoms with E-state index in [-0.39, 0.29) is 12.5 Å². The Morgan fingerprint density at radius 3 is 2.59 bits per heavy atom. The number of thiophene rings is 1. The average molecular weight is 404 g/mol. The molecule has 0 saturated heterocycles. The Balaban J connectivity index is 2.31. The van der Waals surface area contributed by atoms with Gasteiger partial charge in [0.05, 0.1) is 12.4 Å². The number of rotatable bonds is 9. The standard InChI is InChI=1S/C21H25NO3S2/c1-5-11-26-13-18(23)22-20-19(21(24)25-6-2)17(12-27-20)16-9-7-15(8-10-16)14(3)4/h5,7-10,12,14H,1,6,11,13H2,2-4H3,(H,22,23). The summed E-state index contributed by atoms with van der Waals surface area (Å²) in [7, 11) is 0. The van der Waals surface area contributed by atoms with Crippen molar-refractivity contribution in [3.8, 4) is 11.1 Å². The number of ether oxygens (including phenoxy) is 1. The molecule has 0 radical (unpaired) electrons. The van der Waals surface area contributed by atoms with Crippen molar-refractivity contribution in [1.82, 2.24) is 0 Å². The van der Waals surface area contributed by atoms with Gasteiger partial charge in [0.25, 0.3) is 0 Å². The van der Waals surface area contributed by atoms with Crippen molar-refractivity contribution in [1.29, 1.82) is 0 Å². The maximum Gasteiger partial charge on any atom is 0.341 e. The quantitative estimate of drug-likeness (QED) is 0.338. The van der Waals surface area contributed by atoms with Gasteiger partial charge in [0.15, 0.2) is 0 Å². The summed E-state index contributed by atoms with van der Waals surface area (Å²) in [5.74, 6) is 0.890. The Morgan fingerprint density at radius 1 is 1.30 bits per heavy atom. The monoisotopic (exact) mass is 403 g/mol. The number of carbonyl (C=O) groups excluding carboxylic acids is 2. The fourth-order valence-corrected chi connectivity index (χ4v) is 4.03. The maximum absolute atomic E-state index is 12.6. The number of nitrogens with one attached hydrogen (secondary N) is 1. The van der Waals surface area contributed by atoms with E-state index >= 15 is 0 Å². The molecule has 1 aromatic heterocycles. The fraction of sp³-hybridized carbons (Fsp3) is 0.333. The molecule has 144 valence electrons. The molecule has 2 rings (SSSR count). The lowest BCUT2D eigenvalue weighted by atomic mass is 9.98. The average Bonchev–Trinajstić information content (AvgIpc) is 3.05. The number of hydrogen-bond acceptors (Lipinski definition) is 5. The van der Waals surface area contributed by atoms with E-state index in [9.17, 15) is 9.59 Å². The van der Waals surface area contributed by atoms with Crippen LogP contribution in [0.2, 0.25) is 0 Å². The topological polar surface area (TPSA) is 55.4 Å². The molecule has 1 amide bonds. The lowest BCUT2D eigenvalue weighted by molar-refractivity contribution is -0.113. The zero-order chi connectivity index (χ0) is 19.8. The summed E-state index contributed by atoms with van der Waals surface area (Å²) in [4.78, 5) is 24.7. The van der Waals surface area contributed by atoms with Crippen LogP contribution in [0.15, 0.2) is 42.3 Å². The molecule has 0 aliphatic heterocycles. The summed E-state index contributed by atoms with van der Waals surface area (Å²) in [6.07, 6.45) is 1.76. The maximum atomic E-state index is 12.6. The molecule has 0 unspecified atom stereocenters. The van der Waals surface area contributed by atoms with Crippen LogP contribution in [-0.4, -0.2) is 30.0 Å². The molecular weight excluding hydrogens is 378 g/mol. The zero-order valence-corrected chi connectivity index (χ0v) is 17.5. The number of anilines is 1. The summed E-state index contributed by atoms with van der Waals surface area (Å²) in [5.41, 5.74) is 3.36. The van der Waals surface area contributed by atoms with Crippen LogP contribution in [0.1, 0.15) is 42.6 Å². The van der Waals surface area contributed by atoms with E-state index in [0.29, 0.717) is 28.0 Å². The Hall–Kier alpha value is -2.05. The molecule has 0 bridgehead atoms. The molecule has 2 aromatic rings. The first-order valence-corrected chi connectivity index (χ1v) is 10.9. The van der Waals surface area contributed by atoms with Crippen molar-refractivity contribution in [3.05, 3.63) is 53.4 Å². The lowest BCUT2D eigenvalue weighted by Crippen LogP contribution is -2.16. The minimum atomic E-state index is -0.421. The highest BCUT2D eigenvalue weighted by Crippen LogP contribution is 2.36. The molecule has 6 heteroatoms. The molecule has 0 fully saturated rings. The van der Waals surface area contributed by atoms with E-state index in [0.717, 1.165) is 11.1 Å². The number of thioether (sulfide) groups is 1. The smallest absolute Gasteiger partial charge is 0.341 e. The van der Waals surface area contributed by atoms with Crippen LogP contribution in [0.3, 0.4) is 0 Å². The number of benzene rings is 1. The molecular formula is C21H25NO3S2. The van der Waals surface area contributed by atoms with Crippen molar-refractivity contribution in [2.24, 2.45) is 0 Å². The molecule has 4 nitrogen and oxygen atoms in total. The highest BCUT2D eigenvalue weighted by Gasteiger charge is 2.22. The molecule has 0 aliphatic carbocycles. The molecule has 0 saturated carbocycles. The second-order valence-electron chi connectivity index (χ2n) is 6.20. The summed E-state index contributed by atoms with van der Waals surface area (Å²) in [6.45, 7) is 9.97. The van der Waals surface area contributed by atoms with Gasteiger partial charge in [-0.15, -0.1) is 29.7 Å². The summed E-state index contributed by atoms with van der Waals surface area (Å²) < 4.78 is 5.23. The van der Waals surface area contributed by atoms with Crippen LogP contribution >= 0.6 is 23.1 Å². The summed E-state index contributed by atoms with van der Waals surface area (Å²) in [6, 6.07) is 8.14. The Kier molecular flexibility index (Phi) is 8.13. The third kappa shape index (κ3) is 5.71. The molecule has 0 spiro atoms. The SMILES string of the molecule is C=CCSCC(=O)Nc1scc(-c2ccc(C(C)C)cc2)c1C(=O)OCC. The van der Waals surface area contributed by atoms with E-state index in [4.69, 9.17) is 4.74 Å². The molecule has 1 N–H and O–H groups in total. The number of amides is 1. The van der Waals surface area contributed by atoms with Crippen LogP contribution in [0, 0.1) is 0 Å². The second kappa shape index (κ2) is 10.3. The Labute approximate surface area is 169 Å². The first kappa shape index (κ1) is 21.3. The fourth-order valence-electron chi connectivity index (χ4n) is 2.51. The lowest BCUT2D eigenvalue weighted by Gasteiger charge is -2.10. The highest BCUT2D eigenvalue weighted by atomic mass is 32.2. The Bertz CT molecular complexity index is 794. The molecule has 27 heavy (non-hydrogen) atoms. The van der Waals surface area contributed by atoms with Crippen LogP contribution in [0.25, 0.3) is 11.1 Å². The van der Waals surface area contributed by atoms with Crippen LogP contribution in [0.5, 0.6) is 0 Å². The van der Waals surface area contributed by atoms with Crippen molar-refractivity contribution in [3.63, 3.8) is 0 Å². The van der Waals surface area contributed by atoms with E-state index < -0.39 is 5.97 Å². The van der Waals surface area contributed by atoms with Gasteiger partial charge in [-0.2, -0.15) is 0 Å². The van der Waals surface area contributed by atoms with Crippen LogP contribution in [-0.2, 0) is 9.53 Å². The van der Waals surface area contributed by atoms with Crippen molar-refractivity contribution >= 4 is 40.0 Å². The minimum Gasteiger partial charge on any atom is -0.462 e. The summed E-state index contributed by atoms with van der Waals surface area (Å²) in [5, 5.41) is 5.27. The first-order valence-electron chi connectivity index (χ1n) is 8.85. The third-order valence-corrected chi connectivity index (χ3v) is 5.71. The molecule has 1 heterocycles. The van der Waals surface area contributed by atoms with Gasteiger partial charge < -0.3 is 10.1 Å². The van der Waals surface area contributed by atoms with Crippen LogP contribution < -0.4 is 5.32 Å². The minimum absolute atomic E-state index is 0.143. The van der Waals surface area contributed by atoms with E-state index in [1.165, 1.54) is 28.7 Å². The second-order valence-corrected chi connectivity index (χ2v) is 8.11. The largest absolute Gasteiger partial charge is 0.462 e. The van der Waals surface area contributed by atoms with Gasteiger partial charge in [0, 0.05) is 16.7 Å².